The van der Waals surface area contributed by atoms with E-state index < -0.39 is 11.2 Å². The van der Waals surface area contributed by atoms with Gasteiger partial charge in [-0.15, -0.1) is 0 Å². The number of carbonyl (C=O) groups excluding carboxylic acids is 1. The molecule has 3 heterocycles. The lowest BCUT2D eigenvalue weighted by molar-refractivity contribution is -0.121. The third kappa shape index (κ3) is 5.54. The van der Waals surface area contributed by atoms with Crippen molar-refractivity contribution in [3.05, 3.63) is 56.0 Å². The van der Waals surface area contributed by atoms with Gasteiger partial charge in [-0.3, -0.25) is 14.6 Å². The van der Waals surface area contributed by atoms with Crippen LogP contribution in [0.1, 0.15) is 37.1 Å². The van der Waals surface area contributed by atoms with Crippen molar-refractivity contribution < 1.29 is 9.53 Å². The summed E-state index contributed by atoms with van der Waals surface area (Å²) in [6.07, 6.45) is 2.51. The summed E-state index contributed by atoms with van der Waals surface area (Å²) < 4.78 is 5.75. The first-order valence-electron chi connectivity index (χ1n) is 9.76. The number of carbonyl (C=O) groups is 1. The summed E-state index contributed by atoms with van der Waals surface area (Å²) in [5.74, 6) is 0.727. The van der Waals surface area contributed by atoms with E-state index in [1.54, 1.807) is 13.1 Å². The number of nitrogens with zero attached hydrogens (tertiary/aromatic N) is 2. The molecule has 9 heteroatoms. The van der Waals surface area contributed by atoms with Crippen LogP contribution in [-0.2, 0) is 22.5 Å². The van der Waals surface area contributed by atoms with Gasteiger partial charge in [0.15, 0.2) is 0 Å². The normalized spacial score (nSPS) is 19.2. The van der Waals surface area contributed by atoms with E-state index in [1.807, 2.05) is 12.1 Å². The molecule has 0 unspecified atom stereocenters. The smallest absolute Gasteiger partial charge is 0.325 e. The number of ether oxygens (including phenoxy) is 1. The SMILES string of the molecule is Cc1[nH]c(=O)[nH]c(=O)c1CCC(=O)NCc1ccc(N2C[C@H](C)O[C@@H](C)C2)nc1. The fraction of sp³-hybridized carbons (Fsp3) is 0.500. The van der Waals surface area contributed by atoms with E-state index >= 15 is 0 Å². The number of aromatic nitrogens is 3. The summed E-state index contributed by atoms with van der Waals surface area (Å²) in [4.78, 5) is 46.6. The number of anilines is 1. The van der Waals surface area contributed by atoms with E-state index in [1.165, 1.54) is 0 Å². The maximum Gasteiger partial charge on any atom is 0.325 e. The number of aryl methyl sites for hydroxylation is 1. The third-order valence-corrected chi connectivity index (χ3v) is 4.90. The second-order valence-corrected chi connectivity index (χ2v) is 7.48. The molecule has 2 atom stereocenters. The molecule has 0 aromatic carbocycles. The van der Waals surface area contributed by atoms with E-state index in [4.69, 9.17) is 4.74 Å². The molecule has 2 aromatic rings. The average Bonchev–Trinajstić information content (AvgIpc) is 2.65. The lowest BCUT2D eigenvalue weighted by atomic mass is 10.1. The zero-order valence-electron chi connectivity index (χ0n) is 16.9. The predicted molar refractivity (Wildman–Crippen MR) is 109 cm³/mol. The highest BCUT2D eigenvalue weighted by atomic mass is 16.5. The molecule has 1 saturated heterocycles. The highest BCUT2D eigenvalue weighted by Gasteiger charge is 2.23. The Morgan fingerprint density at radius 3 is 2.59 bits per heavy atom. The van der Waals surface area contributed by atoms with Crippen molar-refractivity contribution in [3.63, 3.8) is 0 Å². The Bertz CT molecular complexity index is 956. The van der Waals surface area contributed by atoms with Crippen LogP contribution < -0.4 is 21.5 Å². The van der Waals surface area contributed by atoms with Gasteiger partial charge in [-0.2, -0.15) is 0 Å². The summed E-state index contributed by atoms with van der Waals surface area (Å²) in [7, 11) is 0. The number of hydrogen-bond acceptors (Lipinski definition) is 6. The van der Waals surface area contributed by atoms with E-state index in [0.717, 1.165) is 24.5 Å². The maximum absolute atomic E-state index is 12.1. The molecular formula is C20H27N5O4. The van der Waals surface area contributed by atoms with Crippen molar-refractivity contribution in [3.8, 4) is 0 Å². The maximum atomic E-state index is 12.1. The lowest BCUT2D eigenvalue weighted by Crippen LogP contribution is -2.45. The van der Waals surface area contributed by atoms with Crippen LogP contribution in [0.4, 0.5) is 5.82 Å². The van der Waals surface area contributed by atoms with Gasteiger partial charge in [-0.05, 0) is 38.8 Å². The molecule has 0 saturated carbocycles. The van der Waals surface area contributed by atoms with Crippen molar-refractivity contribution in [2.24, 2.45) is 0 Å². The molecule has 1 amide bonds. The number of aromatic amines is 2. The van der Waals surface area contributed by atoms with E-state index in [-0.39, 0.29) is 31.0 Å². The summed E-state index contributed by atoms with van der Waals surface area (Å²) in [6, 6.07) is 3.90. The van der Waals surface area contributed by atoms with Gasteiger partial charge in [-0.1, -0.05) is 6.07 Å². The number of nitrogens with one attached hydrogen (secondary N) is 3. The molecule has 1 aliphatic heterocycles. The van der Waals surface area contributed by atoms with Crippen LogP contribution in [0.3, 0.4) is 0 Å². The predicted octanol–water partition coefficient (Wildman–Crippen LogP) is 0.629. The third-order valence-electron chi connectivity index (χ3n) is 4.90. The fourth-order valence-electron chi connectivity index (χ4n) is 3.53. The van der Waals surface area contributed by atoms with Gasteiger partial charge < -0.3 is 19.9 Å². The fourth-order valence-corrected chi connectivity index (χ4v) is 3.53. The monoisotopic (exact) mass is 401 g/mol. The molecule has 2 aromatic heterocycles. The number of pyridine rings is 1. The summed E-state index contributed by atoms with van der Waals surface area (Å²) in [6.45, 7) is 7.72. The lowest BCUT2D eigenvalue weighted by Gasteiger charge is -2.36. The van der Waals surface area contributed by atoms with E-state index in [9.17, 15) is 14.4 Å². The molecule has 0 radical (unpaired) electrons. The molecule has 156 valence electrons. The Morgan fingerprint density at radius 1 is 1.24 bits per heavy atom. The number of hydrogen-bond donors (Lipinski definition) is 3. The average molecular weight is 401 g/mol. The molecule has 9 nitrogen and oxygen atoms in total. The number of morpholine rings is 1. The molecule has 29 heavy (non-hydrogen) atoms. The number of rotatable bonds is 6. The zero-order chi connectivity index (χ0) is 21.0. The van der Waals surface area contributed by atoms with Crippen molar-refractivity contribution in [2.45, 2.75) is 52.4 Å². The van der Waals surface area contributed by atoms with Crippen molar-refractivity contribution in [1.29, 1.82) is 0 Å². The van der Waals surface area contributed by atoms with E-state index in [2.05, 4.69) is 39.0 Å². The first-order chi connectivity index (χ1) is 13.8. The minimum Gasteiger partial charge on any atom is -0.372 e. The van der Waals surface area contributed by atoms with Crippen molar-refractivity contribution in [1.82, 2.24) is 20.3 Å². The van der Waals surface area contributed by atoms with Crippen LogP contribution in [0.25, 0.3) is 0 Å². The minimum absolute atomic E-state index is 0.158. The topological polar surface area (TPSA) is 120 Å². The summed E-state index contributed by atoms with van der Waals surface area (Å²) in [5.41, 5.74) is 0.801. The second kappa shape index (κ2) is 9.04. The number of H-pyrrole nitrogens is 2. The Kier molecular flexibility index (Phi) is 6.48. The van der Waals surface area contributed by atoms with Crippen molar-refractivity contribution in [2.75, 3.05) is 18.0 Å². The summed E-state index contributed by atoms with van der Waals surface area (Å²) >= 11 is 0. The zero-order valence-corrected chi connectivity index (χ0v) is 16.9. The first-order valence-corrected chi connectivity index (χ1v) is 9.76. The van der Waals surface area contributed by atoms with Crippen LogP contribution in [0.2, 0.25) is 0 Å². The first kappa shape index (κ1) is 20.8. The Labute approximate surface area is 168 Å². The van der Waals surface area contributed by atoms with Crippen LogP contribution in [0, 0.1) is 6.92 Å². The van der Waals surface area contributed by atoms with Gasteiger partial charge in [0.2, 0.25) is 5.91 Å². The van der Waals surface area contributed by atoms with Crippen LogP contribution in [-0.4, -0.2) is 46.2 Å². The van der Waals surface area contributed by atoms with Gasteiger partial charge in [0.05, 0.1) is 12.2 Å². The largest absolute Gasteiger partial charge is 0.372 e. The van der Waals surface area contributed by atoms with Gasteiger partial charge in [0.25, 0.3) is 5.56 Å². The van der Waals surface area contributed by atoms with Crippen LogP contribution in [0.5, 0.6) is 0 Å². The molecule has 0 aliphatic carbocycles. The molecule has 3 N–H and O–H groups in total. The molecular weight excluding hydrogens is 374 g/mol. The van der Waals surface area contributed by atoms with Crippen LogP contribution in [0.15, 0.2) is 27.9 Å². The Hall–Kier alpha value is -2.94. The second-order valence-electron chi connectivity index (χ2n) is 7.48. The van der Waals surface area contributed by atoms with E-state index in [0.29, 0.717) is 17.8 Å². The Balaban J connectivity index is 1.50. The van der Waals surface area contributed by atoms with Gasteiger partial charge >= 0.3 is 5.69 Å². The van der Waals surface area contributed by atoms with Gasteiger partial charge in [-0.25, -0.2) is 9.78 Å². The Morgan fingerprint density at radius 2 is 1.97 bits per heavy atom. The van der Waals surface area contributed by atoms with Gasteiger partial charge in [0, 0.05) is 43.5 Å². The molecule has 1 fully saturated rings. The quantitative estimate of drug-likeness (QED) is 0.653. The summed E-state index contributed by atoms with van der Waals surface area (Å²) in [5, 5.41) is 2.84. The van der Waals surface area contributed by atoms with Crippen molar-refractivity contribution >= 4 is 11.7 Å². The standard InChI is InChI=1S/C20H27N5O4/c1-12-10-25(11-13(2)29-12)17-6-4-15(8-21-17)9-22-18(26)7-5-16-14(3)23-20(28)24-19(16)27/h4,6,8,12-13H,5,7,9-11H2,1-3H3,(H,22,26)(H2,23,24,27,28)/t12-,13-/m0/s1. The highest BCUT2D eigenvalue weighted by Crippen LogP contribution is 2.18. The number of amides is 1. The van der Waals surface area contributed by atoms with Gasteiger partial charge in [0.1, 0.15) is 5.82 Å². The minimum atomic E-state index is -0.544. The molecule has 3 rings (SSSR count). The molecule has 0 spiro atoms. The molecule has 1 aliphatic rings. The molecule has 0 bridgehead atoms. The van der Waals surface area contributed by atoms with Crippen LogP contribution >= 0.6 is 0 Å². The highest BCUT2D eigenvalue weighted by molar-refractivity contribution is 5.76.